The molecule has 0 amide bonds. The molecule has 0 aliphatic carbocycles. The molecule has 2 aromatic carbocycles. The van der Waals surface area contributed by atoms with Crippen molar-refractivity contribution < 1.29 is 4.42 Å². The lowest BCUT2D eigenvalue weighted by Gasteiger charge is -2.18. The van der Waals surface area contributed by atoms with Crippen LogP contribution in [0, 0.1) is 3.57 Å². The molecule has 3 rings (SSSR count). The highest BCUT2D eigenvalue weighted by Crippen LogP contribution is 2.27. The van der Waals surface area contributed by atoms with E-state index in [0.29, 0.717) is 5.58 Å². The van der Waals surface area contributed by atoms with Gasteiger partial charge in [-0.2, -0.15) is 0 Å². The summed E-state index contributed by atoms with van der Waals surface area (Å²) in [5.74, 6) is -0.336. The van der Waals surface area contributed by atoms with E-state index in [0.717, 1.165) is 11.1 Å². The smallest absolute Gasteiger partial charge is 0.408 e. The lowest BCUT2D eigenvalue weighted by Crippen LogP contribution is -2.18. The van der Waals surface area contributed by atoms with Gasteiger partial charge < -0.3 is 9.73 Å². The van der Waals surface area contributed by atoms with Crippen LogP contribution in [0.25, 0.3) is 11.1 Å². The molecule has 0 fully saturated rings. The van der Waals surface area contributed by atoms with Gasteiger partial charge in [0.25, 0.3) is 0 Å². The minimum Gasteiger partial charge on any atom is -0.408 e. The lowest BCUT2D eigenvalue weighted by molar-refractivity contribution is 0.527. The van der Waals surface area contributed by atoms with Gasteiger partial charge in [0.15, 0.2) is 5.58 Å². The molecule has 0 bridgehead atoms. The second-order valence-electron chi connectivity index (χ2n) is 4.90. The Kier molecular flexibility index (Phi) is 3.86. The van der Waals surface area contributed by atoms with Crippen LogP contribution in [0.15, 0.2) is 51.7 Å². The van der Waals surface area contributed by atoms with Gasteiger partial charge in [0.2, 0.25) is 0 Å². The Bertz CT molecular complexity index is 851. The van der Waals surface area contributed by atoms with Gasteiger partial charge in [0, 0.05) is 10.6 Å². The van der Waals surface area contributed by atoms with E-state index < -0.39 is 0 Å². The zero-order valence-electron chi connectivity index (χ0n) is 11.8. The number of fused-ring (bicyclic) bond motifs is 1. The molecule has 1 aromatic heterocycles. The fourth-order valence-electron chi connectivity index (χ4n) is 2.54. The molecular weight excluding hydrogens is 379 g/mol. The first-order valence-electron chi connectivity index (χ1n) is 6.63. The van der Waals surface area contributed by atoms with Crippen molar-refractivity contribution in [3.05, 3.63) is 67.7 Å². The predicted molar refractivity (Wildman–Crippen MR) is 91.5 cm³/mol. The van der Waals surface area contributed by atoms with Crippen LogP contribution in [0.3, 0.4) is 0 Å². The molecule has 0 spiro atoms. The van der Waals surface area contributed by atoms with Gasteiger partial charge in [-0.3, -0.25) is 4.57 Å². The fraction of sp³-hybridized carbons (Fsp3) is 0.188. The van der Waals surface area contributed by atoms with Crippen LogP contribution in [0.5, 0.6) is 0 Å². The molecule has 1 heterocycles. The number of nitrogens with zero attached hydrogens (tertiary/aromatic N) is 1. The van der Waals surface area contributed by atoms with Crippen molar-refractivity contribution in [2.75, 3.05) is 7.05 Å². The van der Waals surface area contributed by atoms with Crippen LogP contribution >= 0.6 is 22.6 Å². The van der Waals surface area contributed by atoms with E-state index in [1.807, 2.05) is 37.4 Å². The maximum atomic E-state index is 11.6. The van der Waals surface area contributed by atoms with Gasteiger partial charge in [-0.25, -0.2) is 4.79 Å². The topological polar surface area (TPSA) is 47.2 Å². The second-order valence-corrected chi connectivity index (χ2v) is 6.06. The molecule has 0 aliphatic rings. The molecule has 0 saturated carbocycles. The van der Waals surface area contributed by atoms with Crippen molar-refractivity contribution in [1.29, 1.82) is 0 Å². The number of hydrogen-bond donors (Lipinski definition) is 1. The van der Waals surface area contributed by atoms with Crippen LogP contribution in [0.1, 0.15) is 17.2 Å². The van der Waals surface area contributed by atoms with Crippen molar-refractivity contribution in [1.82, 2.24) is 9.88 Å². The molecule has 1 atom stereocenters. The molecule has 108 valence electrons. The molecule has 0 saturated heterocycles. The number of hydrogen-bond acceptors (Lipinski definition) is 3. The number of oxazole rings is 1. The van der Waals surface area contributed by atoms with Crippen LogP contribution < -0.4 is 11.1 Å². The first kappa shape index (κ1) is 14.3. The summed E-state index contributed by atoms with van der Waals surface area (Å²) in [6, 6.07) is 14.2. The molecule has 21 heavy (non-hydrogen) atoms. The van der Waals surface area contributed by atoms with Gasteiger partial charge >= 0.3 is 5.76 Å². The first-order valence-corrected chi connectivity index (χ1v) is 7.71. The molecule has 4 nitrogen and oxygen atoms in total. The minimum atomic E-state index is -0.336. The fourth-order valence-corrected chi connectivity index (χ4v) is 3.24. The van der Waals surface area contributed by atoms with Crippen molar-refractivity contribution in [2.45, 2.75) is 6.04 Å². The Morgan fingerprint density at radius 3 is 2.71 bits per heavy atom. The average molecular weight is 394 g/mol. The highest BCUT2D eigenvalue weighted by Gasteiger charge is 2.16. The van der Waals surface area contributed by atoms with E-state index >= 15 is 0 Å². The van der Waals surface area contributed by atoms with Gasteiger partial charge in [0.1, 0.15) is 0 Å². The molecule has 5 heteroatoms. The van der Waals surface area contributed by atoms with Crippen molar-refractivity contribution in [3.8, 4) is 0 Å². The van der Waals surface area contributed by atoms with E-state index in [1.54, 1.807) is 7.05 Å². The lowest BCUT2D eigenvalue weighted by atomic mass is 9.98. The quantitative estimate of drug-likeness (QED) is 0.695. The Labute approximate surface area is 135 Å². The van der Waals surface area contributed by atoms with Crippen LogP contribution in [-0.4, -0.2) is 11.6 Å². The maximum absolute atomic E-state index is 11.6. The Morgan fingerprint density at radius 2 is 2.00 bits per heavy atom. The summed E-state index contributed by atoms with van der Waals surface area (Å²) in [7, 11) is 3.64. The first-order chi connectivity index (χ1) is 10.1. The van der Waals surface area contributed by atoms with Gasteiger partial charge in [-0.15, -0.1) is 0 Å². The summed E-state index contributed by atoms with van der Waals surface area (Å²) in [6.45, 7) is 0. The number of aryl methyl sites for hydroxylation is 1. The Morgan fingerprint density at radius 1 is 1.24 bits per heavy atom. The van der Waals surface area contributed by atoms with E-state index in [2.05, 4.69) is 40.0 Å². The van der Waals surface area contributed by atoms with Gasteiger partial charge in [-0.1, -0.05) is 24.3 Å². The molecule has 1 N–H and O–H groups in total. The summed E-state index contributed by atoms with van der Waals surface area (Å²) in [5, 5.41) is 3.33. The van der Waals surface area contributed by atoms with E-state index in [4.69, 9.17) is 4.42 Å². The SMILES string of the molecule is CNC(c1ccc2c(c1)oc(=O)n2C)c1ccccc1I. The number of rotatable bonds is 3. The van der Waals surface area contributed by atoms with E-state index in [-0.39, 0.29) is 11.8 Å². The summed E-state index contributed by atoms with van der Waals surface area (Å²) >= 11 is 2.34. The standard InChI is InChI=1S/C16H15IN2O2/c1-18-15(11-5-3-4-6-12(11)17)10-7-8-13-14(9-10)21-16(20)19(13)2/h3-9,15,18H,1-2H3. The average Bonchev–Trinajstić information content (AvgIpc) is 2.77. The van der Waals surface area contributed by atoms with Crippen molar-refractivity contribution >= 4 is 33.7 Å². The summed E-state index contributed by atoms with van der Waals surface area (Å²) in [5.41, 5.74) is 3.70. The molecule has 1 unspecified atom stereocenters. The van der Waals surface area contributed by atoms with Crippen LogP contribution in [0.4, 0.5) is 0 Å². The number of aromatic nitrogens is 1. The van der Waals surface area contributed by atoms with Crippen molar-refractivity contribution in [2.24, 2.45) is 7.05 Å². The zero-order chi connectivity index (χ0) is 15.0. The van der Waals surface area contributed by atoms with E-state index in [9.17, 15) is 4.79 Å². The van der Waals surface area contributed by atoms with Crippen molar-refractivity contribution in [3.63, 3.8) is 0 Å². The second kappa shape index (κ2) is 5.65. The normalized spacial score (nSPS) is 12.7. The molecule has 3 aromatic rings. The third-order valence-corrected chi connectivity index (χ3v) is 4.64. The molecular formula is C16H15IN2O2. The summed E-state index contributed by atoms with van der Waals surface area (Å²) in [4.78, 5) is 11.6. The maximum Gasteiger partial charge on any atom is 0.419 e. The number of nitrogens with one attached hydrogen (secondary N) is 1. The number of benzene rings is 2. The predicted octanol–water partition coefficient (Wildman–Crippen LogP) is 3.04. The Hall–Kier alpha value is -1.60. The monoisotopic (exact) mass is 394 g/mol. The zero-order valence-corrected chi connectivity index (χ0v) is 13.9. The summed E-state index contributed by atoms with van der Waals surface area (Å²) in [6.07, 6.45) is 0. The highest BCUT2D eigenvalue weighted by molar-refractivity contribution is 14.1. The van der Waals surface area contributed by atoms with Gasteiger partial charge in [0.05, 0.1) is 11.6 Å². The third-order valence-electron chi connectivity index (χ3n) is 3.65. The highest BCUT2D eigenvalue weighted by atomic mass is 127. The van der Waals surface area contributed by atoms with Crippen LogP contribution in [0.2, 0.25) is 0 Å². The summed E-state index contributed by atoms with van der Waals surface area (Å²) < 4.78 is 7.99. The van der Waals surface area contributed by atoms with Gasteiger partial charge in [-0.05, 0) is 59.0 Å². The van der Waals surface area contributed by atoms with Crippen LogP contribution in [-0.2, 0) is 7.05 Å². The number of halogens is 1. The van der Waals surface area contributed by atoms with E-state index in [1.165, 1.54) is 13.7 Å². The Balaban J connectivity index is 2.13. The third kappa shape index (κ3) is 2.51. The largest absolute Gasteiger partial charge is 0.419 e. The minimum absolute atomic E-state index is 0.0630. The molecule has 0 aliphatic heterocycles. The molecule has 0 radical (unpaired) electrons.